The molecule has 30 heavy (non-hydrogen) atoms. The van der Waals surface area contributed by atoms with E-state index in [0.29, 0.717) is 43.1 Å². The second kappa shape index (κ2) is 10.7. The van der Waals surface area contributed by atoms with Crippen molar-refractivity contribution in [3.8, 4) is 0 Å². The second-order valence-corrected chi connectivity index (χ2v) is 8.42. The molecule has 0 saturated carbocycles. The van der Waals surface area contributed by atoms with Crippen LogP contribution in [0.1, 0.15) is 23.3 Å². The van der Waals surface area contributed by atoms with E-state index in [2.05, 4.69) is 5.32 Å². The summed E-state index contributed by atoms with van der Waals surface area (Å²) in [4.78, 5) is 28.1. The van der Waals surface area contributed by atoms with Crippen LogP contribution in [0.4, 0.5) is 0 Å². The quantitative estimate of drug-likeness (QED) is 0.522. The van der Waals surface area contributed by atoms with Gasteiger partial charge in [-0.25, -0.2) is 4.79 Å². The molecule has 9 nitrogen and oxygen atoms in total. The smallest absolute Gasteiger partial charge is 0.332 e. The summed E-state index contributed by atoms with van der Waals surface area (Å²) in [6.07, 6.45) is 1.56. The lowest BCUT2D eigenvalue weighted by molar-refractivity contribution is -0.0988. The van der Waals surface area contributed by atoms with Gasteiger partial charge in [0.1, 0.15) is 4.83 Å². The molecule has 168 valence electrons. The van der Waals surface area contributed by atoms with Gasteiger partial charge in [-0.1, -0.05) is 0 Å². The average molecular weight is 442 g/mol. The lowest BCUT2D eigenvalue weighted by atomic mass is 10.2. The van der Waals surface area contributed by atoms with Crippen molar-refractivity contribution in [2.24, 2.45) is 0 Å². The monoisotopic (exact) mass is 441 g/mol. The first-order valence-corrected chi connectivity index (χ1v) is 11.0. The van der Waals surface area contributed by atoms with Crippen LogP contribution in [0, 0.1) is 6.92 Å². The van der Waals surface area contributed by atoms with E-state index in [1.54, 1.807) is 25.9 Å². The Kier molecular flexibility index (Phi) is 8.20. The minimum absolute atomic E-state index is 0.00702. The van der Waals surface area contributed by atoms with E-state index in [-0.39, 0.29) is 30.2 Å². The summed E-state index contributed by atoms with van der Waals surface area (Å²) in [6.45, 7) is 4.69. The van der Waals surface area contributed by atoms with Crippen LogP contribution in [0.2, 0.25) is 0 Å². The van der Waals surface area contributed by atoms with Crippen LogP contribution in [-0.2, 0) is 38.6 Å². The van der Waals surface area contributed by atoms with E-state index in [4.69, 9.17) is 18.9 Å². The lowest BCUT2D eigenvalue weighted by Crippen LogP contribution is -2.42. The van der Waals surface area contributed by atoms with E-state index in [1.807, 2.05) is 6.92 Å². The Labute approximate surface area is 179 Å². The molecule has 2 aromatic heterocycles. The van der Waals surface area contributed by atoms with Crippen LogP contribution in [0.15, 0.2) is 9.59 Å². The van der Waals surface area contributed by atoms with Gasteiger partial charge in [0.2, 0.25) is 0 Å². The number of nitrogens with one attached hydrogen (secondary N) is 1. The van der Waals surface area contributed by atoms with Gasteiger partial charge in [-0.05, 0) is 25.3 Å². The fraction of sp³-hybridized carbons (Fsp3) is 0.700. The van der Waals surface area contributed by atoms with Crippen LogP contribution in [-0.4, -0.2) is 62.6 Å². The molecule has 1 fully saturated rings. The third kappa shape index (κ3) is 4.84. The standard InChI is InChI=1S/C20H31N3O6S/c1-13-15(10-21-11-16(27-3)28-4)30-19-17(13)18(24)22(7-9-26-2)20(25)23(19)12-14-6-5-8-29-14/h14,16,21H,5-12H2,1-4H3. The van der Waals surface area contributed by atoms with E-state index >= 15 is 0 Å². The van der Waals surface area contributed by atoms with Crippen LogP contribution < -0.4 is 16.6 Å². The molecule has 0 radical (unpaired) electrons. The maximum absolute atomic E-state index is 13.2. The summed E-state index contributed by atoms with van der Waals surface area (Å²) in [5.74, 6) is 0. The number of nitrogens with zero attached hydrogens (tertiary/aromatic N) is 2. The SMILES string of the molecule is COCCn1c(=O)c2c(C)c(CNCC(OC)OC)sc2n(CC2CCCO2)c1=O. The predicted octanol–water partition coefficient (Wildman–Crippen LogP) is 1.07. The predicted molar refractivity (Wildman–Crippen MR) is 115 cm³/mol. The van der Waals surface area contributed by atoms with E-state index < -0.39 is 0 Å². The molecule has 1 N–H and O–H groups in total. The van der Waals surface area contributed by atoms with Gasteiger partial charge in [0.05, 0.1) is 31.2 Å². The Hall–Kier alpha value is -1.56. The fourth-order valence-electron chi connectivity index (χ4n) is 3.71. The van der Waals surface area contributed by atoms with Crippen molar-refractivity contribution < 1.29 is 18.9 Å². The molecule has 3 rings (SSSR count). The molecule has 1 aliphatic rings. The summed E-state index contributed by atoms with van der Waals surface area (Å²) in [6, 6.07) is 0. The molecule has 0 aliphatic carbocycles. The molecule has 0 bridgehead atoms. The van der Waals surface area contributed by atoms with Crippen LogP contribution >= 0.6 is 11.3 Å². The summed E-state index contributed by atoms with van der Waals surface area (Å²) < 4.78 is 24.3. The molecule has 1 atom stereocenters. The van der Waals surface area contributed by atoms with Crippen molar-refractivity contribution in [1.82, 2.24) is 14.5 Å². The van der Waals surface area contributed by atoms with Gasteiger partial charge >= 0.3 is 5.69 Å². The summed E-state index contributed by atoms with van der Waals surface area (Å²) in [7, 11) is 4.74. The third-order valence-corrected chi connectivity index (χ3v) is 6.76. The maximum atomic E-state index is 13.2. The normalized spacial score (nSPS) is 16.9. The highest BCUT2D eigenvalue weighted by molar-refractivity contribution is 7.18. The summed E-state index contributed by atoms with van der Waals surface area (Å²) >= 11 is 1.48. The van der Waals surface area contributed by atoms with Gasteiger partial charge in [-0.2, -0.15) is 0 Å². The Balaban J connectivity index is 2.00. The van der Waals surface area contributed by atoms with E-state index in [0.717, 1.165) is 23.3 Å². The van der Waals surface area contributed by atoms with E-state index in [1.165, 1.54) is 15.9 Å². The highest BCUT2D eigenvalue weighted by atomic mass is 32.1. The molecule has 3 heterocycles. The number of aromatic nitrogens is 2. The first-order chi connectivity index (χ1) is 14.5. The Morgan fingerprint density at radius 2 is 2.00 bits per heavy atom. The molecule has 0 amide bonds. The number of rotatable bonds is 11. The lowest BCUT2D eigenvalue weighted by Gasteiger charge is -2.15. The largest absolute Gasteiger partial charge is 0.383 e. The summed E-state index contributed by atoms with van der Waals surface area (Å²) in [5, 5.41) is 3.90. The van der Waals surface area contributed by atoms with Crippen molar-refractivity contribution >= 4 is 21.6 Å². The first-order valence-electron chi connectivity index (χ1n) is 10.1. The molecule has 10 heteroatoms. The van der Waals surface area contributed by atoms with Gasteiger partial charge in [-0.15, -0.1) is 11.3 Å². The zero-order valence-electron chi connectivity index (χ0n) is 18.1. The van der Waals surface area contributed by atoms with Gasteiger partial charge in [0, 0.05) is 45.9 Å². The number of hydrogen-bond acceptors (Lipinski definition) is 8. The molecular formula is C20H31N3O6S. The number of fused-ring (bicyclic) bond motifs is 1. The van der Waals surface area contributed by atoms with Gasteiger partial charge in [0.15, 0.2) is 6.29 Å². The van der Waals surface area contributed by atoms with Crippen molar-refractivity contribution in [2.75, 3.05) is 41.1 Å². The number of methoxy groups -OCH3 is 3. The number of aryl methyl sites for hydroxylation is 1. The fourth-order valence-corrected chi connectivity index (χ4v) is 4.98. The van der Waals surface area contributed by atoms with Gasteiger partial charge < -0.3 is 24.3 Å². The van der Waals surface area contributed by atoms with Crippen LogP contribution in [0.3, 0.4) is 0 Å². The number of hydrogen-bond donors (Lipinski definition) is 1. The molecule has 1 unspecified atom stereocenters. The van der Waals surface area contributed by atoms with Gasteiger partial charge in [-0.3, -0.25) is 13.9 Å². The highest BCUT2D eigenvalue weighted by Gasteiger charge is 2.23. The second-order valence-electron chi connectivity index (χ2n) is 7.34. The van der Waals surface area contributed by atoms with Crippen molar-refractivity contribution in [1.29, 1.82) is 0 Å². The number of thiophene rings is 1. The Bertz CT molecular complexity index is 956. The third-order valence-electron chi connectivity index (χ3n) is 5.44. The van der Waals surface area contributed by atoms with E-state index in [9.17, 15) is 9.59 Å². The zero-order valence-corrected chi connectivity index (χ0v) is 18.9. The molecular weight excluding hydrogens is 410 g/mol. The molecule has 1 saturated heterocycles. The van der Waals surface area contributed by atoms with Crippen molar-refractivity contribution in [3.05, 3.63) is 31.3 Å². The summed E-state index contributed by atoms with van der Waals surface area (Å²) in [5.41, 5.74) is 0.327. The minimum Gasteiger partial charge on any atom is -0.383 e. The maximum Gasteiger partial charge on any atom is 0.332 e. The molecule has 2 aromatic rings. The van der Waals surface area contributed by atoms with Crippen molar-refractivity contribution in [2.45, 2.75) is 51.8 Å². The highest BCUT2D eigenvalue weighted by Crippen LogP contribution is 2.28. The average Bonchev–Trinajstić information content (AvgIpc) is 3.36. The Morgan fingerprint density at radius 3 is 2.63 bits per heavy atom. The molecule has 0 spiro atoms. The first kappa shape index (κ1) is 23.1. The topological polar surface area (TPSA) is 93.0 Å². The minimum atomic E-state index is -0.344. The van der Waals surface area contributed by atoms with Crippen molar-refractivity contribution in [3.63, 3.8) is 0 Å². The Morgan fingerprint density at radius 1 is 1.23 bits per heavy atom. The number of ether oxygens (including phenoxy) is 4. The molecule has 1 aliphatic heterocycles. The van der Waals surface area contributed by atoms with Gasteiger partial charge in [0.25, 0.3) is 5.56 Å². The van der Waals surface area contributed by atoms with Crippen LogP contribution in [0.5, 0.6) is 0 Å². The zero-order chi connectivity index (χ0) is 21.7. The van der Waals surface area contributed by atoms with Crippen LogP contribution in [0.25, 0.3) is 10.2 Å². The molecule has 0 aromatic carbocycles.